The Morgan fingerprint density at radius 2 is 1.62 bits per heavy atom. The lowest BCUT2D eigenvalue weighted by Gasteiger charge is -2.27. The minimum atomic E-state index is -0.814. The van der Waals surface area contributed by atoms with Gasteiger partial charge in [0, 0.05) is 38.5 Å². The van der Waals surface area contributed by atoms with Gasteiger partial charge in [-0.3, -0.25) is 34.7 Å². The number of fused-ring (bicyclic) bond motifs is 1. The number of hydrogen-bond donors (Lipinski definition) is 0. The quantitative estimate of drug-likeness (QED) is 0.125. The van der Waals surface area contributed by atoms with Crippen LogP contribution in [0.25, 0.3) is 0 Å². The van der Waals surface area contributed by atoms with Gasteiger partial charge in [-0.25, -0.2) is 0 Å². The van der Waals surface area contributed by atoms with Crippen LogP contribution in [0.3, 0.4) is 0 Å². The van der Waals surface area contributed by atoms with Crippen molar-refractivity contribution in [2.75, 3.05) is 38.3 Å². The molecular weight excluding hydrogens is 544 g/mol. The highest BCUT2D eigenvalue weighted by atomic mass is 35.5. The molecule has 0 aliphatic carbocycles. The van der Waals surface area contributed by atoms with E-state index in [1.54, 1.807) is 50.4 Å². The van der Waals surface area contributed by atoms with Crippen LogP contribution in [0.15, 0.2) is 64.8 Å². The number of rotatable bonds is 11. The standard InChI is InChI=1S/C26H23ClN6O7/c1-16-13-17(7-8-22(16)28-29-24-21(27)14-18(32(36)37)15-23(24)33(38)39)30(11-12-40-2)9-10-31-25(34)19-5-3-4-6-20(19)26(31)35/h3-8,13-15H,9-12H2,1-2H3/b29-28+. The van der Waals surface area contributed by atoms with Crippen LogP contribution in [-0.4, -0.2) is 59.9 Å². The molecule has 1 aliphatic rings. The average molecular weight is 567 g/mol. The summed E-state index contributed by atoms with van der Waals surface area (Å²) >= 11 is 6.05. The molecule has 0 unspecified atom stereocenters. The number of ether oxygens (including phenoxy) is 1. The number of imide groups is 1. The smallest absolute Gasteiger partial charge is 0.305 e. The van der Waals surface area contributed by atoms with Gasteiger partial charge < -0.3 is 9.64 Å². The third kappa shape index (κ3) is 5.80. The summed E-state index contributed by atoms with van der Waals surface area (Å²) in [7, 11) is 1.57. The van der Waals surface area contributed by atoms with Gasteiger partial charge in [-0.15, -0.1) is 10.2 Å². The zero-order valence-corrected chi connectivity index (χ0v) is 22.2. The van der Waals surface area contributed by atoms with Crippen molar-refractivity contribution in [2.24, 2.45) is 10.2 Å². The highest BCUT2D eigenvalue weighted by Crippen LogP contribution is 2.40. The molecule has 0 radical (unpaired) electrons. The molecule has 4 rings (SSSR count). The highest BCUT2D eigenvalue weighted by molar-refractivity contribution is 6.33. The highest BCUT2D eigenvalue weighted by Gasteiger charge is 2.35. The van der Waals surface area contributed by atoms with E-state index in [1.165, 1.54) is 4.90 Å². The van der Waals surface area contributed by atoms with E-state index in [1.807, 2.05) is 11.0 Å². The summed E-state index contributed by atoms with van der Waals surface area (Å²) in [6.45, 7) is 3.15. The number of anilines is 1. The number of hydrogen-bond acceptors (Lipinski definition) is 10. The number of nitrogens with zero attached hydrogens (tertiary/aromatic N) is 6. The van der Waals surface area contributed by atoms with Crippen molar-refractivity contribution in [2.45, 2.75) is 6.92 Å². The van der Waals surface area contributed by atoms with Crippen molar-refractivity contribution in [3.05, 3.63) is 96.5 Å². The molecule has 0 saturated carbocycles. The lowest BCUT2D eigenvalue weighted by Crippen LogP contribution is -2.39. The lowest BCUT2D eigenvalue weighted by atomic mass is 10.1. The first-order valence-corrected chi connectivity index (χ1v) is 12.3. The SMILES string of the molecule is COCCN(CCN1C(=O)c2ccccc2C1=O)c1ccc(/N=N/c2c(Cl)cc([N+](=O)[O-])cc2[N+](=O)[O-])c(C)c1. The Kier molecular flexibility index (Phi) is 8.46. The maximum absolute atomic E-state index is 12.8. The Hall–Kier alpha value is -4.75. The molecule has 3 aromatic carbocycles. The summed E-state index contributed by atoms with van der Waals surface area (Å²) in [6.07, 6.45) is 0. The van der Waals surface area contributed by atoms with Gasteiger partial charge in [0.25, 0.3) is 17.5 Å². The molecule has 1 aliphatic heterocycles. The molecule has 0 spiro atoms. The fraction of sp³-hybridized carbons (Fsp3) is 0.231. The van der Waals surface area contributed by atoms with Crippen LogP contribution in [0.4, 0.5) is 28.4 Å². The van der Waals surface area contributed by atoms with E-state index < -0.39 is 21.2 Å². The van der Waals surface area contributed by atoms with Gasteiger partial charge in [-0.05, 0) is 42.8 Å². The summed E-state index contributed by atoms with van der Waals surface area (Å²) in [5, 5.41) is 30.2. The summed E-state index contributed by atoms with van der Waals surface area (Å²) in [4.78, 5) is 49.6. The van der Waals surface area contributed by atoms with Crippen LogP contribution in [0, 0.1) is 27.2 Å². The van der Waals surface area contributed by atoms with E-state index in [0.717, 1.165) is 17.8 Å². The zero-order valence-electron chi connectivity index (χ0n) is 21.4. The third-order valence-corrected chi connectivity index (χ3v) is 6.56. The Balaban J connectivity index is 1.55. The van der Waals surface area contributed by atoms with Crippen molar-refractivity contribution in [1.82, 2.24) is 4.90 Å². The number of azo groups is 1. The fourth-order valence-corrected chi connectivity index (χ4v) is 4.45. The van der Waals surface area contributed by atoms with Gasteiger partial charge >= 0.3 is 5.69 Å². The first-order chi connectivity index (χ1) is 19.1. The zero-order chi connectivity index (χ0) is 29.0. The molecule has 40 heavy (non-hydrogen) atoms. The molecular formula is C26H23ClN6O7. The molecule has 0 bridgehead atoms. The Morgan fingerprint density at radius 3 is 2.20 bits per heavy atom. The molecule has 3 aromatic rings. The van der Waals surface area contributed by atoms with Crippen LogP contribution in [0.1, 0.15) is 26.3 Å². The van der Waals surface area contributed by atoms with Crippen LogP contribution < -0.4 is 4.90 Å². The molecule has 14 heteroatoms. The Morgan fingerprint density at radius 1 is 0.950 bits per heavy atom. The topological polar surface area (TPSA) is 161 Å². The van der Waals surface area contributed by atoms with Crippen molar-refractivity contribution >= 4 is 51.9 Å². The molecule has 0 aromatic heterocycles. The number of nitro benzene ring substituents is 2. The van der Waals surface area contributed by atoms with Crippen molar-refractivity contribution < 1.29 is 24.2 Å². The first-order valence-electron chi connectivity index (χ1n) is 12.0. The van der Waals surface area contributed by atoms with E-state index in [-0.39, 0.29) is 29.1 Å². The summed E-state index contributed by atoms with van der Waals surface area (Å²) in [5.41, 5.74) is 1.12. The Labute approximate surface area is 232 Å². The molecule has 206 valence electrons. The van der Waals surface area contributed by atoms with Gasteiger partial charge in [0.2, 0.25) is 0 Å². The second-order valence-corrected chi connectivity index (χ2v) is 9.17. The van der Waals surface area contributed by atoms with Crippen LogP contribution in [0.2, 0.25) is 5.02 Å². The molecule has 0 fully saturated rings. The molecule has 2 amide bonds. The second-order valence-electron chi connectivity index (χ2n) is 8.77. The van der Waals surface area contributed by atoms with Gasteiger partial charge in [0.15, 0.2) is 5.69 Å². The molecule has 0 N–H and O–H groups in total. The number of carbonyl (C=O) groups excluding carboxylic acids is 2. The Bertz CT molecular complexity index is 1510. The van der Waals surface area contributed by atoms with Crippen LogP contribution >= 0.6 is 11.6 Å². The number of nitro groups is 2. The maximum atomic E-state index is 12.8. The molecule has 13 nitrogen and oxygen atoms in total. The number of carbonyl (C=O) groups is 2. The van der Waals surface area contributed by atoms with Crippen molar-refractivity contribution in [3.63, 3.8) is 0 Å². The minimum Gasteiger partial charge on any atom is -0.383 e. The van der Waals surface area contributed by atoms with E-state index in [9.17, 15) is 29.8 Å². The number of halogens is 1. The predicted molar refractivity (Wildman–Crippen MR) is 146 cm³/mol. The minimum absolute atomic E-state index is 0.166. The summed E-state index contributed by atoms with van der Waals surface area (Å²) < 4.78 is 5.23. The first kappa shape index (κ1) is 28.3. The van der Waals surface area contributed by atoms with Gasteiger partial charge in [0.05, 0.1) is 44.4 Å². The number of amides is 2. The average Bonchev–Trinajstić information content (AvgIpc) is 3.17. The van der Waals surface area contributed by atoms with E-state index in [4.69, 9.17) is 16.3 Å². The third-order valence-electron chi connectivity index (χ3n) is 6.28. The summed E-state index contributed by atoms with van der Waals surface area (Å²) in [5.74, 6) is -0.670. The number of aryl methyl sites for hydroxylation is 1. The largest absolute Gasteiger partial charge is 0.383 e. The summed E-state index contributed by atoms with van der Waals surface area (Å²) in [6, 6.07) is 13.7. The second kappa shape index (κ2) is 12.0. The van der Waals surface area contributed by atoms with Crippen LogP contribution in [0.5, 0.6) is 0 Å². The molecule has 0 saturated heterocycles. The number of benzene rings is 3. The van der Waals surface area contributed by atoms with Gasteiger partial charge in [-0.1, -0.05) is 23.7 Å². The van der Waals surface area contributed by atoms with Gasteiger partial charge in [-0.2, -0.15) is 0 Å². The maximum Gasteiger partial charge on any atom is 0.305 e. The predicted octanol–water partition coefficient (Wildman–Crippen LogP) is 5.63. The van der Waals surface area contributed by atoms with Crippen molar-refractivity contribution in [3.8, 4) is 0 Å². The van der Waals surface area contributed by atoms with E-state index >= 15 is 0 Å². The van der Waals surface area contributed by atoms with Crippen molar-refractivity contribution in [1.29, 1.82) is 0 Å². The monoisotopic (exact) mass is 566 g/mol. The van der Waals surface area contributed by atoms with E-state index in [2.05, 4.69) is 10.2 Å². The van der Waals surface area contributed by atoms with Crippen LogP contribution in [-0.2, 0) is 4.74 Å². The number of methoxy groups -OCH3 is 1. The lowest BCUT2D eigenvalue weighted by molar-refractivity contribution is -0.393. The normalized spacial score (nSPS) is 12.7. The van der Waals surface area contributed by atoms with E-state index in [0.29, 0.717) is 42.1 Å². The fourth-order valence-electron chi connectivity index (χ4n) is 4.20. The number of non-ortho nitro benzene ring substituents is 1. The molecule has 1 heterocycles. The molecule has 0 atom stereocenters. The van der Waals surface area contributed by atoms with Gasteiger partial charge in [0.1, 0.15) is 0 Å².